The van der Waals surface area contributed by atoms with Crippen molar-refractivity contribution in [1.29, 1.82) is 0 Å². The van der Waals surface area contributed by atoms with Crippen LogP contribution in [0.1, 0.15) is 35.1 Å². The van der Waals surface area contributed by atoms with Crippen LogP contribution in [0.15, 0.2) is 33.9 Å². The van der Waals surface area contributed by atoms with Gasteiger partial charge in [0.05, 0.1) is 25.5 Å². The summed E-state index contributed by atoms with van der Waals surface area (Å²) < 4.78 is 18.5. The van der Waals surface area contributed by atoms with E-state index in [1.165, 1.54) is 11.8 Å². The molecule has 0 atom stereocenters. The summed E-state index contributed by atoms with van der Waals surface area (Å²) in [7, 11) is 3.16. The molecule has 0 bridgehead atoms. The number of ether oxygens (including phenoxy) is 2. The van der Waals surface area contributed by atoms with Gasteiger partial charge in [0.2, 0.25) is 0 Å². The lowest BCUT2D eigenvalue weighted by Gasteiger charge is -2.07. The van der Waals surface area contributed by atoms with Crippen LogP contribution in [0.4, 0.5) is 0 Å². The average molecular weight is 416 g/mol. The first-order chi connectivity index (χ1) is 14.0. The number of carbonyl (C=O) groups is 1. The lowest BCUT2D eigenvalue weighted by Crippen LogP contribution is -2.06. The van der Waals surface area contributed by atoms with Gasteiger partial charge in [-0.1, -0.05) is 18.7 Å². The van der Waals surface area contributed by atoms with Gasteiger partial charge in [0.25, 0.3) is 11.1 Å². The Morgan fingerprint density at radius 2 is 1.97 bits per heavy atom. The predicted octanol–water partition coefficient (Wildman–Crippen LogP) is 4.56. The standard InChI is InChI=1S/C21H25N3O4S/c1-6-9-24-13(2)10-17(14(24)3)18(25)12-29-21-23-22-20(28-21)16-8-7-15(26-4)11-19(16)27-5/h7-8,10-11H,6,9,12H2,1-5H3. The minimum absolute atomic E-state index is 0.0484. The second kappa shape index (κ2) is 9.17. The van der Waals surface area contributed by atoms with E-state index in [2.05, 4.69) is 21.7 Å². The first-order valence-electron chi connectivity index (χ1n) is 9.37. The summed E-state index contributed by atoms with van der Waals surface area (Å²) in [6, 6.07) is 7.30. The fraction of sp³-hybridized carbons (Fsp3) is 0.381. The molecule has 1 aromatic carbocycles. The largest absolute Gasteiger partial charge is 0.497 e. The summed E-state index contributed by atoms with van der Waals surface area (Å²) in [5.41, 5.74) is 3.52. The van der Waals surface area contributed by atoms with Crippen molar-refractivity contribution in [2.24, 2.45) is 0 Å². The number of aryl methyl sites for hydroxylation is 1. The summed E-state index contributed by atoms with van der Waals surface area (Å²) in [4.78, 5) is 12.7. The van der Waals surface area contributed by atoms with E-state index in [1.807, 2.05) is 19.9 Å². The maximum Gasteiger partial charge on any atom is 0.277 e. The normalized spacial score (nSPS) is 10.9. The molecule has 0 amide bonds. The summed E-state index contributed by atoms with van der Waals surface area (Å²) in [6.07, 6.45) is 1.03. The number of benzene rings is 1. The van der Waals surface area contributed by atoms with Crippen molar-refractivity contribution in [1.82, 2.24) is 14.8 Å². The Bertz CT molecular complexity index is 1010. The van der Waals surface area contributed by atoms with E-state index in [0.717, 1.165) is 29.9 Å². The van der Waals surface area contributed by atoms with Gasteiger partial charge in [-0.3, -0.25) is 4.79 Å². The number of methoxy groups -OCH3 is 2. The number of aromatic nitrogens is 3. The molecule has 3 rings (SSSR count). The zero-order valence-corrected chi connectivity index (χ0v) is 18.1. The van der Waals surface area contributed by atoms with Crippen LogP contribution in [-0.4, -0.2) is 40.5 Å². The summed E-state index contributed by atoms with van der Waals surface area (Å²) >= 11 is 1.23. The number of hydrogen-bond acceptors (Lipinski definition) is 7. The highest BCUT2D eigenvalue weighted by Gasteiger charge is 2.18. The molecule has 0 radical (unpaired) electrons. The quantitative estimate of drug-likeness (QED) is 0.374. The van der Waals surface area contributed by atoms with Crippen LogP contribution in [0.25, 0.3) is 11.5 Å². The molecule has 3 aromatic rings. The van der Waals surface area contributed by atoms with Crippen LogP contribution in [-0.2, 0) is 6.54 Å². The molecule has 0 saturated carbocycles. The Morgan fingerprint density at radius 3 is 2.66 bits per heavy atom. The molecule has 0 aliphatic heterocycles. The van der Waals surface area contributed by atoms with Crippen LogP contribution in [0.5, 0.6) is 11.5 Å². The molecule has 0 unspecified atom stereocenters. The topological polar surface area (TPSA) is 79.4 Å². The molecule has 0 N–H and O–H groups in total. The molecular weight excluding hydrogens is 390 g/mol. The van der Waals surface area contributed by atoms with E-state index in [1.54, 1.807) is 32.4 Å². The van der Waals surface area contributed by atoms with Gasteiger partial charge in [0.1, 0.15) is 11.5 Å². The Balaban J connectivity index is 1.72. The Hall–Kier alpha value is -2.74. The number of ketones is 1. The summed E-state index contributed by atoms with van der Waals surface area (Å²) in [5, 5.41) is 8.48. The molecule has 0 aliphatic rings. The smallest absolute Gasteiger partial charge is 0.277 e. The van der Waals surface area contributed by atoms with E-state index in [-0.39, 0.29) is 11.5 Å². The number of rotatable bonds is 9. The van der Waals surface area contributed by atoms with Gasteiger partial charge in [-0.15, -0.1) is 10.2 Å². The SMILES string of the molecule is CCCn1c(C)cc(C(=O)CSc2nnc(-c3ccc(OC)cc3OC)o2)c1C. The highest BCUT2D eigenvalue weighted by molar-refractivity contribution is 7.99. The van der Waals surface area contributed by atoms with Gasteiger partial charge in [0, 0.05) is 29.6 Å². The maximum atomic E-state index is 12.7. The Kier molecular flexibility index (Phi) is 6.64. The number of thioether (sulfide) groups is 1. The molecule has 29 heavy (non-hydrogen) atoms. The Morgan fingerprint density at radius 1 is 1.17 bits per heavy atom. The molecular formula is C21H25N3O4S. The van der Waals surface area contributed by atoms with Gasteiger partial charge in [-0.05, 0) is 38.5 Å². The molecule has 154 valence electrons. The number of hydrogen-bond donors (Lipinski definition) is 0. The third-order valence-corrected chi connectivity index (χ3v) is 5.51. The fourth-order valence-electron chi connectivity index (χ4n) is 3.21. The lowest BCUT2D eigenvalue weighted by atomic mass is 10.2. The van der Waals surface area contributed by atoms with Gasteiger partial charge < -0.3 is 18.5 Å². The third kappa shape index (κ3) is 4.48. The van der Waals surface area contributed by atoms with Crippen molar-refractivity contribution < 1.29 is 18.7 Å². The lowest BCUT2D eigenvalue weighted by molar-refractivity contribution is 0.102. The Labute approximate surface area is 174 Å². The van der Waals surface area contributed by atoms with E-state index in [0.29, 0.717) is 28.2 Å². The van der Waals surface area contributed by atoms with Crippen molar-refractivity contribution in [3.05, 3.63) is 41.2 Å². The van der Waals surface area contributed by atoms with Crippen LogP contribution < -0.4 is 9.47 Å². The second-order valence-corrected chi connectivity index (χ2v) is 7.51. The second-order valence-electron chi connectivity index (χ2n) is 6.59. The summed E-state index contributed by atoms with van der Waals surface area (Å²) in [6.45, 7) is 7.05. The molecule has 2 heterocycles. The zero-order chi connectivity index (χ0) is 21.0. The highest BCUT2D eigenvalue weighted by atomic mass is 32.2. The van der Waals surface area contributed by atoms with Crippen LogP contribution in [0.2, 0.25) is 0 Å². The predicted molar refractivity (Wildman–Crippen MR) is 112 cm³/mol. The number of Topliss-reactive ketones (excluding diaryl/α,β-unsaturated/α-hetero) is 1. The van der Waals surface area contributed by atoms with E-state index in [4.69, 9.17) is 13.9 Å². The molecule has 0 saturated heterocycles. The minimum Gasteiger partial charge on any atom is -0.497 e. The van der Waals surface area contributed by atoms with Crippen LogP contribution in [0, 0.1) is 13.8 Å². The van der Waals surface area contributed by atoms with Gasteiger partial charge in [-0.2, -0.15) is 0 Å². The fourth-order valence-corrected chi connectivity index (χ4v) is 3.85. The average Bonchev–Trinajstić information content (AvgIpc) is 3.31. The zero-order valence-electron chi connectivity index (χ0n) is 17.3. The van der Waals surface area contributed by atoms with Gasteiger partial charge >= 0.3 is 0 Å². The van der Waals surface area contributed by atoms with Crippen LogP contribution >= 0.6 is 11.8 Å². The van der Waals surface area contributed by atoms with Crippen molar-refractivity contribution in [3.63, 3.8) is 0 Å². The van der Waals surface area contributed by atoms with Gasteiger partial charge in [-0.25, -0.2) is 0 Å². The molecule has 8 heteroatoms. The third-order valence-electron chi connectivity index (χ3n) is 4.69. The van der Waals surface area contributed by atoms with Crippen molar-refractivity contribution in [2.75, 3.05) is 20.0 Å². The van der Waals surface area contributed by atoms with Crippen molar-refractivity contribution >= 4 is 17.5 Å². The van der Waals surface area contributed by atoms with E-state index >= 15 is 0 Å². The first-order valence-corrected chi connectivity index (χ1v) is 10.4. The number of nitrogens with zero attached hydrogens (tertiary/aromatic N) is 3. The van der Waals surface area contributed by atoms with E-state index < -0.39 is 0 Å². The first kappa shape index (κ1) is 21.0. The van der Waals surface area contributed by atoms with E-state index in [9.17, 15) is 4.79 Å². The minimum atomic E-state index is 0.0484. The van der Waals surface area contributed by atoms with Crippen molar-refractivity contribution in [2.45, 2.75) is 39.0 Å². The molecule has 2 aromatic heterocycles. The van der Waals surface area contributed by atoms with Crippen LogP contribution in [0.3, 0.4) is 0 Å². The monoisotopic (exact) mass is 415 g/mol. The molecule has 7 nitrogen and oxygen atoms in total. The van der Waals surface area contributed by atoms with Gasteiger partial charge in [0.15, 0.2) is 5.78 Å². The number of carbonyl (C=O) groups excluding carboxylic acids is 1. The highest BCUT2D eigenvalue weighted by Crippen LogP contribution is 2.33. The molecule has 0 fully saturated rings. The molecule has 0 spiro atoms. The summed E-state index contributed by atoms with van der Waals surface area (Å²) in [5.74, 6) is 1.86. The maximum absolute atomic E-state index is 12.7. The molecule has 0 aliphatic carbocycles. The van der Waals surface area contributed by atoms with Crippen molar-refractivity contribution in [3.8, 4) is 23.0 Å².